The van der Waals surface area contributed by atoms with E-state index in [2.05, 4.69) is 23.4 Å². The maximum atomic E-state index is 12.9. The summed E-state index contributed by atoms with van der Waals surface area (Å²) < 4.78 is 3.69. The van der Waals surface area contributed by atoms with Crippen molar-refractivity contribution in [3.05, 3.63) is 81.7 Å². The van der Waals surface area contributed by atoms with Crippen molar-refractivity contribution >= 4 is 23.7 Å². The van der Waals surface area contributed by atoms with Crippen molar-refractivity contribution in [1.29, 1.82) is 0 Å². The number of aldehydes is 1. The monoisotopic (exact) mass is 504 g/mol. The number of hydrogen-bond donors (Lipinski definition) is 0. The van der Waals surface area contributed by atoms with Gasteiger partial charge in [-0.3, -0.25) is 14.0 Å². The Bertz CT molecular complexity index is 1350. The van der Waals surface area contributed by atoms with Crippen LogP contribution in [-0.4, -0.2) is 45.3 Å². The Kier molecular flexibility index (Phi) is 8.73. The molecule has 5 rings (SSSR count). The number of benzene rings is 2. The van der Waals surface area contributed by atoms with Gasteiger partial charge in [-0.15, -0.1) is 0 Å². The lowest BCUT2D eigenvalue weighted by Gasteiger charge is -2.15. The van der Waals surface area contributed by atoms with Crippen molar-refractivity contribution in [2.75, 3.05) is 20.1 Å². The molecular formula is C29H33ClN4O2. The average molecular weight is 505 g/mol. The Hall–Kier alpha value is -3.22. The summed E-state index contributed by atoms with van der Waals surface area (Å²) in [6.45, 7) is 5.55. The maximum Gasteiger partial charge on any atom is 0.259 e. The summed E-state index contributed by atoms with van der Waals surface area (Å²) in [7, 11) is 2.17. The molecule has 0 radical (unpaired) electrons. The fraction of sp³-hybridized carbons (Fsp3) is 0.345. The van der Waals surface area contributed by atoms with Gasteiger partial charge < -0.3 is 9.47 Å². The smallest absolute Gasteiger partial charge is 0.259 e. The van der Waals surface area contributed by atoms with Gasteiger partial charge in [-0.25, -0.2) is 4.98 Å². The zero-order valence-electron chi connectivity index (χ0n) is 21.0. The number of likely N-dealkylation sites (tertiary alicyclic amines) is 1. The highest BCUT2D eigenvalue weighted by Gasteiger charge is 2.15. The number of rotatable bonds is 7. The van der Waals surface area contributed by atoms with Crippen molar-refractivity contribution in [2.24, 2.45) is 0 Å². The number of carbonyl (C=O) groups is 1. The summed E-state index contributed by atoms with van der Waals surface area (Å²) in [4.78, 5) is 31.1. The Balaban J connectivity index is 0.000000445. The van der Waals surface area contributed by atoms with Crippen LogP contribution < -0.4 is 5.56 Å². The van der Waals surface area contributed by atoms with Crippen LogP contribution in [0, 0.1) is 0 Å². The second-order valence-electron chi connectivity index (χ2n) is 9.28. The first-order valence-electron chi connectivity index (χ1n) is 12.6. The number of nitrogens with zero attached hydrogens (tertiary/aromatic N) is 4. The topological polar surface area (TPSA) is 59.6 Å². The molecule has 1 saturated heterocycles. The molecule has 0 aliphatic carbocycles. The molecule has 4 aromatic rings. The molecule has 0 unspecified atom stereocenters. The van der Waals surface area contributed by atoms with Crippen LogP contribution in [0.3, 0.4) is 0 Å². The van der Waals surface area contributed by atoms with Crippen LogP contribution >= 0.6 is 11.6 Å². The number of unbranched alkanes of at least 4 members (excludes halogenated alkanes) is 2. The molecule has 6 nitrogen and oxygen atoms in total. The summed E-state index contributed by atoms with van der Waals surface area (Å²) in [6, 6.07) is 16.3. The Labute approximate surface area is 217 Å². The predicted octanol–water partition coefficient (Wildman–Crippen LogP) is 6.20. The molecule has 1 aliphatic heterocycles. The highest BCUT2D eigenvalue weighted by molar-refractivity contribution is 6.30. The highest BCUT2D eigenvalue weighted by Crippen LogP contribution is 2.25. The molecule has 1 fully saturated rings. The van der Waals surface area contributed by atoms with Crippen molar-refractivity contribution < 1.29 is 4.79 Å². The third-order valence-electron chi connectivity index (χ3n) is 6.51. The Morgan fingerprint density at radius 1 is 0.972 bits per heavy atom. The minimum Gasteiger partial charge on any atom is -0.311 e. The van der Waals surface area contributed by atoms with Gasteiger partial charge in [0, 0.05) is 35.0 Å². The molecular weight excluding hydrogens is 472 g/mol. The first-order chi connectivity index (χ1) is 17.5. The minimum atomic E-state index is -0.140. The van der Waals surface area contributed by atoms with Gasteiger partial charge in [-0.2, -0.15) is 0 Å². The number of fused-ring (bicyclic) bond motifs is 1. The SMILES string of the molecule is CCCCCn1c(-c2ccc(C=O)cc2)cc(=O)n2cc(-c3ccc(Cl)cc3)nc12.CN1CCCC1. The fourth-order valence-corrected chi connectivity index (χ4v) is 4.57. The summed E-state index contributed by atoms with van der Waals surface area (Å²) in [5, 5.41) is 0.655. The number of imidazole rings is 1. The van der Waals surface area contributed by atoms with E-state index in [1.807, 2.05) is 36.4 Å². The van der Waals surface area contributed by atoms with Gasteiger partial charge >= 0.3 is 0 Å². The first kappa shape index (κ1) is 25.9. The van der Waals surface area contributed by atoms with E-state index in [1.165, 1.54) is 25.9 Å². The second kappa shape index (κ2) is 12.2. The van der Waals surface area contributed by atoms with Crippen LogP contribution in [0.1, 0.15) is 49.4 Å². The Morgan fingerprint density at radius 3 is 2.22 bits per heavy atom. The summed E-state index contributed by atoms with van der Waals surface area (Å²) in [5.41, 5.74) is 3.77. The molecule has 0 saturated carbocycles. The van der Waals surface area contributed by atoms with E-state index < -0.39 is 0 Å². The third-order valence-corrected chi connectivity index (χ3v) is 6.77. The van der Waals surface area contributed by atoms with Crippen molar-refractivity contribution in [2.45, 2.75) is 45.6 Å². The van der Waals surface area contributed by atoms with Crippen LogP contribution in [-0.2, 0) is 6.54 Å². The van der Waals surface area contributed by atoms with Crippen LogP contribution in [0.4, 0.5) is 0 Å². The van der Waals surface area contributed by atoms with Crippen LogP contribution in [0.5, 0.6) is 0 Å². The molecule has 3 heterocycles. The standard InChI is InChI=1S/C24H22ClN3O2.C5H11N/c1-2-3-4-13-27-22(19-7-5-17(16-29)6-8-19)14-23(30)28-15-21(26-24(27)28)18-9-11-20(25)12-10-18;1-6-4-2-3-5-6/h5-12,14-16H,2-4,13H2,1H3;2-5H2,1H3. The molecule has 0 bridgehead atoms. The molecule has 7 heteroatoms. The fourth-order valence-electron chi connectivity index (χ4n) is 4.44. The number of hydrogen-bond acceptors (Lipinski definition) is 4. The molecule has 0 spiro atoms. The van der Waals surface area contributed by atoms with Crippen molar-refractivity contribution in [3.8, 4) is 22.5 Å². The predicted molar refractivity (Wildman–Crippen MR) is 147 cm³/mol. The molecule has 2 aromatic carbocycles. The van der Waals surface area contributed by atoms with Gasteiger partial charge in [0.2, 0.25) is 5.78 Å². The van der Waals surface area contributed by atoms with Gasteiger partial charge in [0.25, 0.3) is 5.56 Å². The normalized spacial score (nSPS) is 13.5. The van der Waals surface area contributed by atoms with Crippen LogP contribution in [0.2, 0.25) is 5.02 Å². The molecule has 36 heavy (non-hydrogen) atoms. The first-order valence-corrected chi connectivity index (χ1v) is 13.0. The lowest BCUT2D eigenvalue weighted by atomic mass is 10.1. The van der Waals surface area contributed by atoms with E-state index >= 15 is 0 Å². The van der Waals surface area contributed by atoms with Crippen LogP contribution in [0.15, 0.2) is 65.6 Å². The number of aryl methyl sites for hydroxylation is 1. The number of carbonyl (C=O) groups excluding carboxylic acids is 1. The van der Waals surface area contributed by atoms with E-state index in [1.54, 1.807) is 28.8 Å². The zero-order chi connectivity index (χ0) is 25.5. The van der Waals surface area contributed by atoms with Crippen molar-refractivity contribution in [1.82, 2.24) is 18.9 Å². The average Bonchev–Trinajstić information content (AvgIpc) is 3.56. The lowest BCUT2D eigenvalue weighted by Crippen LogP contribution is -2.18. The van der Waals surface area contributed by atoms with Crippen LogP contribution in [0.25, 0.3) is 28.3 Å². The van der Waals surface area contributed by atoms with E-state index in [0.717, 1.165) is 54.6 Å². The van der Waals surface area contributed by atoms with E-state index in [4.69, 9.17) is 16.6 Å². The quantitative estimate of drug-likeness (QED) is 0.222. The highest BCUT2D eigenvalue weighted by atomic mass is 35.5. The van der Waals surface area contributed by atoms with Gasteiger partial charge in [0.15, 0.2) is 0 Å². The van der Waals surface area contributed by atoms with Gasteiger partial charge in [0.1, 0.15) is 6.29 Å². The summed E-state index contributed by atoms with van der Waals surface area (Å²) >= 11 is 6.01. The zero-order valence-corrected chi connectivity index (χ0v) is 21.7. The third kappa shape index (κ3) is 6.12. The second-order valence-corrected chi connectivity index (χ2v) is 9.72. The molecule has 1 aliphatic rings. The minimum absolute atomic E-state index is 0.140. The maximum absolute atomic E-state index is 12.9. The largest absolute Gasteiger partial charge is 0.311 e. The Morgan fingerprint density at radius 2 is 1.64 bits per heavy atom. The molecule has 0 N–H and O–H groups in total. The molecule has 0 atom stereocenters. The van der Waals surface area contributed by atoms with E-state index in [-0.39, 0.29) is 5.56 Å². The van der Waals surface area contributed by atoms with E-state index in [0.29, 0.717) is 16.4 Å². The van der Waals surface area contributed by atoms with Gasteiger partial charge in [0.05, 0.1) is 11.4 Å². The van der Waals surface area contributed by atoms with Gasteiger partial charge in [-0.1, -0.05) is 67.8 Å². The number of aromatic nitrogens is 3. The molecule has 0 amide bonds. The van der Waals surface area contributed by atoms with Crippen molar-refractivity contribution in [3.63, 3.8) is 0 Å². The number of halogens is 1. The van der Waals surface area contributed by atoms with Gasteiger partial charge in [-0.05, 0) is 57.1 Å². The lowest BCUT2D eigenvalue weighted by molar-refractivity contribution is 0.112. The summed E-state index contributed by atoms with van der Waals surface area (Å²) in [6.07, 6.45) is 8.59. The summed E-state index contributed by atoms with van der Waals surface area (Å²) in [5.74, 6) is 0.609. The van der Waals surface area contributed by atoms with E-state index in [9.17, 15) is 9.59 Å². The molecule has 188 valence electrons. The molecule has 2 aromatic heterocycles.